The second-order valence-corrected chi connectivity index (χ2v) is 4.07. The van der Waals surface area contributed by atoms with Crippen LogP contribution in [0.1, 0.15) is 5.76 Å². The van der Waals surface area contributed by atoms with Gasteiger partial charge >= 0.3 is 0 Å². The first-order valence-corrected chi connectivity index (χ1v) is 5.46. The molecule has 0 aliphatic rings. The molecule has 66 valence electrons. The summed E-state index contributed by atoms with van der Waals surface area (Å²) in [6, 6.07) is 7.95. The van der Waals surface area contributed by atoms with Crippen molar-refractivity contribution in [2.45, 2.75) is 0 Å². The average Bonchev–Trinajstić information content (AvgIpc) is 2.46. The third kappa shape index (κ3) is 1.86. The Kier molecular flexibility index (Phi) is 2.56. The Hall–Kier alpha value is -0.540. The topological polar surface area (TPSA) is 13.1 Å². The average molecular weight is 302 g/mol. The van der Waals surface area contributed by atoms with Crippen LogP contribution in [0.3, 0.4) is 0 Å². The fraction of sp³-hybridized carbons (Fsp3) is 0. The molecule has 0 spiro atoms. The van der Waals surface area contributed by atoms with E-state index in [9.17, 15) is 0 Å². The van der Waals surface area contributed by atoms with Crippen molar-refractivity contribution in [3.05, 3.63) is 39.5 Å². The van der Waals surface area contributed by atoms with Crippen molar-refractivity contribution in [3.8, 4) is 0 Å². The number of halogens is 2. The zero-order chi connectivity index (χ0) is 9.26. The van der Waals surface area contributed by atoms with Gasteiger partial charge in [0.05, 0.1) is 0 Å². The highest BCUT2D eigenvalue weighted by molar-refractivity contribution is 9.11. The van der Waals surface area contributed by atoms with Crippen LogP contribution in [0.4, 0.5) is 0 Å². The standard InChI is InChI=1S/C10H6Br2O/c11-4-3-9-6-7-5-8(12)1-2-10(7)13-9/h1-6H. The number of benzene rings is 1. The van der Waals surface area contributed by atoms with E-state index < -0.39 is 0 Å². The zero-order valence-electron chi connectivity index (χ0n) is 6.63. The zero-order valence-corrected chi connectivity index (χ0v) is 9.80. The monoisotopic (exact) mass is 300 g/mol. The Bertz CT molecular complexity index is 457. The predicted octanol–water partition coefficient (Wildman–Crippen LogP) is 4.56. The maximum absolute atomic E-state index is 5.53. The molecule has 0 fully saturated rings. The lowest BCUT2D eigenvalue weighted by molar-refractivity contribution is 0.604. The van der Waals surface area contributed by atoms with Crippen molar-refractivity contribution < 1.29 is 4.42 Å². The van der Waals surface area contributed by atoms with Gasteiger partial charge in [0.1, 0.15) is 11.3 Å². The summed E-state index contributed by atoms with van der Waals surface area (Å²) in [6.45, 7) is 0. The van der Waals surface area contributed by atoms with Crippen LogP contribution in [0.2, 0.25) is 0 Å². The van der Waals surface area contributed by atoms with Gasteiger partial charge in [-0.15, -0.1) is 0 Å². The van der Waals surface area contributed by atoms with E-state index in [1.807, 2.05) is 30.3 Å². The molecule has 0 aliphatic heterocycles. The van der Waals surface area contributed by atoms with Gasteiger partial charge in [0, 0.05) is 9.86 Å². The first-order chi connectivity index (χ1) is 6.29. The molecule has 1 aromatic carbocycles. The fourth-order valence-corrected chi connectivity index (χ4v) is 1.82. The van der Waals surface area contributed by atoms with Crippen LogP contribution in [0.15, 0.2) is 38.1 Å². The molecule has 2 aromatic rings. The van der Waals surface area contributed by atoms with Crippen LogP contribution in [0, 0.1) is 0 Å². The van der Waals surface area contributed by atoms with Gasteiger partial charge in [0.15, 0.2) is 0 Å². The van der Waals surface area contributed by atoms with Gasteiger partial charge in [-0.2, -0.15) is 0 Å². The van der Waals surface area contributed by atoms with Crippen LogP contribution < -0.4 is 0 Å². The quantitative estimate of drug-likeness (QED) is 0.752. The second kappa shape index (κ2) is 3.68. The van der Waals surface area contributed by atoms with E-state index in [-0.39, 0.29) is 0 Å². The Labute approximate surface area is 92.7 Å². The van der Waals surface area contributed by atoms with E-state index in [0.717, 1.165) is 21.2 Å². The van der Waals surface area contributed by atoms with Crippen molar-refractivity contribution in [1.29, 1.82) is 0 Å². The summed E-state index contributed by atoms with van der Waals surface area (Å²) in [5, 5.41) is 1.11. The largest absolute Gasteiger partial charge is 0.457 e. The van der Waals surface area contributed by atoms with Crippen LogP contribution in [0.5, 0.6) is 0 Å². The minimum Gasteiger partial charge on any atom is -0.457 e. The van der Waals surface area contributed by atoms with E-state index in [2.05, 4.69) is 31.9 Å². The first-order valence-electron chi connectivity index (χ1n) is 3.75. The number of furan rings is 1. The van der Waals surface area contributed by atoms with Crippen molar-refractivity contribution in [1.82, 2.24) is 0 Å². The highest BCUT2D eigenvalue weighted by atomic mass is 79.9. The Morgan fingerprint density at radius 1 is 1.23 bits per heavy atom. The SMILES string of the molecule is BrC=Cc1cc2cc(Br)ccc2o1. The van der Waals surface area contributed by atoms with Gasteiger partial charge < -0.3 is 4.42 Å². The molecule has 1 heterocycles. The maximum Gasteiger partial charge on any atom is 0.134 e. The molecule has 0 saturated carbocycles. The summed E-state index contributed by atoms with van der Waals surface area (Å²) < 4.78 is 6.59. The molecule has 3 heteroatoms. The molecule has 2 rings (SSSR count). The molecular formula is C10H6Br2O. The lowest BCUT2D eigenvalue weighted by Crippen LogP contribution is -1.62. The third-order valence-corrected chi connectivity index (χ3v) is 2.48. The van der Waals surface area contributed by atoms with E-state index in [1.54, 1.807) is 4.99 Å². The van der Waals surface area contributed by atoms with E-state index >= 15 is 0 Å². The molecule has 1 nitrogen and oxygen atoms in total. The molecule has 13 heavy (non-hydrogen) atoms. The number of rotatable bonds is 1. The van der Waals surface area contributed by atoms with Crippen LogP contribution in [0.25, 0.3) is 17.0 Å². The molecule has 1 aromatic heterocycles. The predicted molar refractivity (Wildman–Crippen MR) is 61.9 cm³/mol. The van der Waals surface area contributed by atoms with Crippen molar-refractivity contribution in [2.75, 3.05) is 0 Å². The summed E-state index contributed by atoms with van der Waals surface area (Å²) in [6.07, 6.45) is 1.87. The molecule has 0 atom stereocenters. The minimum absolute atomic E-state index is 0.852. The molecule has 0 N–H and O–H groups in total. The maximum atomic E-state index is 5.53. The van der Waals surface area contributed by atoms with Crippen molar-refractivity contribution >= 4 is 48.9 Å². The van der Waals surface area contributed by atoms with Gasteiger partial charge in [0.25, 0.3) is 0 Å². The molecule has 0 unspecified atom stereocenters. The first kappa shape index (κ1) is 9.03. The second-order valence-electron chi connectivity index (χ2n) is 2.62. The summed E-state index contributed by atoms with van der Waals surface area (Å²) in [5.74, 6) is 0.852. The van der Waals surface area contributed by atoms with Crippen LogP contribution >= 0.6 is 31.9 Å². The van der Waals surface area contributed by atoms with Gasteiger partial charge in [0.2, 0.25) is 0 Å². The van der Waals surface area contributed by atoms with Gasteiger partial charge in [-0.25, -0.2) is 0 Å². The minimum atomic E-state index is 0.852. The van der Waals surface area contributed by atoms with E-state index in [0.29, 0.717) is 0 Å². The number of hydrogen-bond donors (Lipinski definition) is 0. The van der Waals surface area contributed by atoms with Crippen molar-refractivity contribution in [2.24, 2.45) is 0 Å². The normalized spacial score (nSPS) is 11.5. The summed E-state index contributed by atoms with van der Waals surface area (Å²) in [5.41, 5.74) is 0.906. The summed E-state index contributed by atoms with van der Waals surface area (Å²) in [4.78, 5) is 1.78. The molecule has 0 radical (unpaired) electrons. The van der Waals surface area contributed by atoms with Crippen LogP contribution in [-0.2, 0) is 0 Å². The summed E-state index contributed by atoms with van der Waals surface area (Å²) >= 11 is 6.62. The molecular weight excluding hydrogens is 296 g/mol. The fourth-order valence-electron chi connectivity index (χ4n) is 1.18. The Morgan fingerprint density at radius 2 is 2.08 bits per heavy atom. The molecule has 0 bridgehead atoms. The number of hydrogen-bond acceptors (Lipinski definition) is 1. The van der Waals surface area contributed by atoms with Gasteiger partial charge in [-0.3, -0.25) is 0 Å². The van der Waals surface area contributed by atoms with E-state index in [1.165, 1.54) is 0 Å². The lowest BCUT2D eigenvalue weighted by Gasteiger charge is -1.87. The summed E-state index contributed by atoms with van der Waals surface area (Å²) in [7, 11) is 0. The Balaban J connectivity index is 2.62. The lowest BCUT2D eigenvalue weighted by atomic mass is 10.2. The van der Waals surface area contributed by atoms with Crippen LogP contribution in [-0.4, -0.2) is 0 Å². The molecule has 0 saturated heterocycles. The number of fused-ring (bicyclic) bond motifs is 1. The highest BCUT2D eigenvalue weighted by Crippen LogP contribution is 2.23. The van der Waals surface area contributed by atoms with E-state index in [4.69, 9.17) is 4.42 Å². The van der Waals surface area contributed by atoms with Crippen molar-refractivity contribution in [3.63, 3.8) is 0 Å². The molecule has 0 amide bonds. The Morgan fingerprint density at radius 3 is 2.85 bits per heavy atom. The van der Waals surface area contributed by atoms with Gasteiger partial charge in [-0.05, 0) is 35.3 Å². The third-order valence-electron chi connectivity index (χ3n) is 1.72. The smallest absolute Gasteiger partial charge is 0.134 e. The van der Waals surface area contributed by atoms with Gasteiger partial charge in [-0.1, -0.05) is 31.9 Å². The highest BCUT2D eigenvalue weighted by Gasteiger charge is 2.00. The molecule has 0 aliphatic carbocycles.